The second-order valence-corrected chi connectivity index (χ2v) is 33.5. The van der Waals surface area contributed by atoms with Crippen LogP contribution in [0.1, 0.15) is 69.2 Å². The van der Waals surface area contributed by atoms with Gasteiger partial charge in [0.2, 0.25) is 0 Å². The largest absolute Gasteiger partial charge is 0.394 e. The summed E-state index contributed by atoms with van der Waals surface area (Å²) in [4.78, 5) is 0. The zero-order chi connectivity index (χ0) is 105. The first-order valence-corrected chi connectivity index (χ1v) is 53.4. The summed E-state index contributed by atoms with van der Waals surface area (Å²) in [6.07, 6.45) is -0.897. The second kappa shape index (κ2) is 124. The lowest BCUT2D eigenvalue weighted by Crippen LogP contribution is -2.30. The molecule has 1 N–H and O–H groups in total. The van der Waals surface area contributed by atoms with Gasteiger partial charge in [-0.2, -0.15) is 0 Å². The monoisotopic (exact) mass is 2140 g/mol. The molecule has 0 spiro atoms. The van der Waals surface area contributed by atoms with Crippen molar-refractivity contribution in [2.75, 3.05) is 514 Å². The minimum atomic E-state index is -0.115. The molecule has 0 saturated carbocycles. The lowest BCUT2D eigenvalue weighted by atomic mass is 10.3. The number of aliphatic hydroxyl groups excluding tert-OH is 1. The highest BCUT2D eigenvalue weighted by Crippen LogP contribution is 2.09. The van der Waals surface area contributed by atoms with Gasteiger partial charge in [0.25, 0.3) is 0 Å². The summed E-state index contributed by atoms with van der Waals surface area (Å²) < 4.78 is 242. The van der Waals surface area contributed by atoms with Crippen molar-refractivity contribution in [1.82, 2.24) is 0 Å². The Hall–Kier alpha value is -1.67. The molecule has 0 aliphatic heterocycles. The molecule has 145 heavy (non-hydrogen) atoms. The number of thioether (sulfide) groups is 1. The van der Waals surface area contributed by atoms with Gasteiger partial charge in [-0.3, -0.25) is 0 Å². The van der Waals surface area contributed by atoms with E-state index in [2.05, 4.69) is 6.58 Å². The van der Waals surface area contributed by atoms with Crippen LogP contribution >= 0.6 is 11.8 Å². The zero-order valence-electron chi connectivity index (χ0n) is 90.6. The minimum Gasteiger partial charge on any atom is -0.394 e. The van der Waals surface area contributed by atoms with Crippen LogP contribution < -0.4 is 0 Å². The summed E-state index contributed by atoms with van der Waals surface area (Å²) in [5.41, 5.74) is 0. The maximum absolute atomic E-state index is 8.63. The molecule has 0 heterocycles. The molecular formula is C100H200O44S. The van der Waals surface area contributed by atoms with Gasteiger partial charge in [-0.15, -0.1) is 11.8 Å². The molecule has 0 aromatic heterocycles. The van der Waals surface area contributed by atoms with Crippen LogP contribution in [0.4, 0.5) is 0 Å². The van der Waals surface area contributed by atoms with E-state index in [0.717, 1.165) is 5.75 Å². The maximum atomic E-state index is 8.63. The Labute approximate surface area is 873 Å². The minimum absolute atomic E-state index is 0.00302. The van der Waals surface area contributed by atoms with Crippen LogP contribution in [-0.4, -0.2) is 581 Å². The third kappa shape index (κ3) is 124. The molecule has 0 saturated heterocycles. The Kier molecular flexibility index (Phi) is 123. The zero-order valence-corrected chi connectivity index (χ0v) is 91.4. The van der Waals surface area contributed by atoms with Gasteiger partial charge >= 0.3 is 0 Å². The van der Waals surface area contributed by atoms with Crippen molar-refractivity contribution in [2.45, 2.75) is 130 Å². The van der Waals surface area contributed by atoms with Crippen LogP contribution in [0.15, 0.2) is 12.0 Å². The molecule has 10 unspecified atom stereocenters. The summed E-state index contributed by atoms with van der Waals surface area (Å²) in [6, 6.07) is 0. The fourth-order valence-electron chi connectivity index (χ4n) is 10.9. The summed E-state index contributed by atoms with van der Waals surface area (Å²) in [5.74, 6) is 0.889. The third-order valence-electron chi connectivity index (χ3n) is 18.8. The van der Waals surface area contributed by atoms with Crippen LogP contribution in [0, 0.1) is 0 Å². The fraction of sp³-hybridized carbons (Fsp3) is 0.980. The van der Waals surface area contributed by atoms with E-state index < -0.39 is 0 Å². The molecule has 0 aliphatic carbocycles. The van der Waals surface area contributed by atoms with Crippen LogP contribution in [0.5, 0.6) is 0 Å². The van der Waals surface area contributed by atoms with E-state index in [1.54, 1.807) is 11.8 Å². The van der Waals surface area contributed by atoms with E-state index in [1.165, 1.54) is 0 Å². The molecule has 0 rings (SSSR count). The summed E-state index contributed by atoms with van der Waals surface area (Å²) >= 11 is 1.64. The van der Waals surface area contributed by atoms with Crippen molar-refractivity contribution in [3.63, 3.8) is 0 Å². The first-order chi connectivity index (χ1) is 71.4. The first-order valence-electron chi connectivity index (χ1n) is 52.4. The number of hydrogen-bond acceptors (Lipinski definition) is 45. The average Bonchev–Trinajstić information content (AvgIpc) is 0.963. The number of aliphatic hydroxyl groups is 1. The Morgan fingerprint density at radius 3 is 0.359 bits per heavy atom. The number of rotatable bonds is 132. The van der Waals surface area contributed by atoms with Gasteiger partial charge in [0, 0.05) is 5.75 Å². The smallest absolute Gasteiger partial charge is 0.0781 e. The van der Waals surface area contributed by atoms with Crippen molar-refractivity contribution in [3.8, 4) is 0 Å². The van der Waals surface area contributed by atoms with Crippen LogP contribution in [-0.2, 0) is 204 Å². The first kappa shape index (κ1) is 143. The normalized spacial score (nSPS) is 14.1. The van der Waals surface area contributed by atoms with E-state index in [0.29, 0.717) is 502 Å². The predicted molar refractivity (Wildman–Crippen MR) is 541 cm³/mol. The van der Waals surface area contributed by atoms with Crippen molar-refractivity contribution in [2.24, 2.45) is 0 Å². The summed E-state index contributed by atoms with van der Waals surface area (Å²) in [6.45, 7) is 59.5. The molecule has 0 aromatic carbocycles. The van der Waals surface area contributed by atoms with Gasteiger partial charge in [0.15, 0.2) is 0 Å². The van der Waals surface area contributed by atoms with Crippen LogP contribution in [0.3, 0.4) is 0 Å². The van der Waals surface area contributed by atoms with Crippen molar-refractivity contribution >= 4 is 11.8 Å². The Morgan fingerprint density at radius 2 is 0.241 bits per heavy atom. The number of hydrogen-bond donors (Lipinski definition) is 1. The van der Waals surface area contributed by atoms with Gasteiger partial charge in [0.1, 0.15) is 0 Å². The molecular weight excluding hydrogens is 1940 g/mol. The third-order valence-corrected chi connectivity index (χ3v) is 19.4. The van der Waals surface area contributed by atoms with E-state index in [9.17, 15) is 0 Å². The van der Waals surface area contributed by atoms with Crippen LogP contribution in [0.2, 0.25) is 0 Å². The SMILES string of the molecule is C=CSCCOCC(C)OCC(C)OCC(C)OCC(C)OCC(C)OCC(C)OCC(C)OCC(C)OCC(C)OCC(C)OCCOCCOCCOCCOCCOCCOCCOCCOCCOCCOCCOCCOCCOCCOCCOCCOCCOCCOCCOCCOCCOCCOCCOCCOCCOCCOCCOCCOCCOCCOCCOCCOCCO. The van der Waals surface area contributed by atoms with E-state index in [1.807, 2.05) is 74.6 Å². The van der Waals surface area contributed by atoms with Gasteiger partial charge in [-0.25, -0.2) is 0 Å². The van der Waals surface area contributed by atoms with Gasteiger partial charge < -0.3 is 209 Å². The molecule has 44 nitrogen and oxygen atoms in total. The Bertz CT molecular complexity index is 2390. The molecule has 0 fully saturated rings. The molecule has 45 heteroatoms. The predicted octanol–water partition coefficient (Wildman–Crippen LogP) is 5.45. The van der Waals surface area contributed by atoms with E-state index in [-0.39, 0.29) is 67.6 Å². The van der Waals surface area contributed by atoms with E-state index >= 15 is 0 Å². The number of ether oxygens (including phenoxy) is 43. The van der Waals surface area contributed by atoms with Crippen molar-refractivity contribution < 1.29 is 209 Å². The molecule has 0 bridgehead atoms. The Balaban J connectivity index is 3.28. The summed E-state index contributed by atoms with van der Waals surface area (Å²) in [5, 5.41) is 10.5. The fourth-order valence-corrected chi connectivity index (χ4v) is 11.3. The topological polar surface area (TPSA) is 417 Å². The molecule has 0 aliphatic rings. The quantitative estimate of drug-likeness (QED) is 0.0739. The van der Waals surface area contributed by atoms with Gasteiger partial charge in [-0.1, -0.05) is 6.58 Å². The second-order valence-electron chi connectivity index (χ2n) is 32.4. The highest BCUT2D eigenvalue weighted by molar-refractivity contribution is 8.02. The highest BCUT2D eigenvalue weighted by atomic mass is 32.2. The lowest BCUT2D eigenvalue weighted by molar-refractivity contribution is -0.113. The molecule has 0 amide bonds. The highest BCUT2D eigenvalue weighted by Gasteiger charge is 2.18. The average molecular weight is 2140 g/mol. The van der Waals surface area contributed by atoms with Gasteiger partial charge in [-0.05, 0) is 74.6 Å². The van der Waals surface area contributed by atoms with Crippen molar-refractivity contribution in [3.05, 3.63) is 12.0 Å². The van der Waals surface area contributed by atoms with Crippen molar-refractivity contribution in [1.29, 1.82) is 0 Å². The van der Waals surface area contributed by atoms with Crippen LogP contribution in [0.25, 0.3) is 0 Å². The Morgan fingerprint density at radius 1 is 0.138 bits per heavy atom. The molecule has 0 aromatic rings. The standard InChI is InChI=1S/C100H200O44S/c1-12-145-80-79-134-81-91(2)136-83-93(4)138-85-95(6)140-87-97(8)142-89-99(10)144-90-100(11)143-88-98(9)141-86-96(7)139-84-94(5)137-82-92(3)135-78-77-133-76-75-132-74-73-131-72-71-130-70-69-129-68-67-128-66-65-127-64-63-126-62-61-125-60-59-124-58-57-123-56-55-122-54-53-121-52-51-120-50-49-119-48-47-118-46-45-117-44-43-116-42-41-115-40-39-114-38-37-113-36-35-112-34-33-111-32-31-110-30-29-109-28-27-108-26-25-107-24-23-106-22-21-105-20-19-104-18-17-103-16-15-102-14-13-101/h12,91-101H,1,13-90H2,2-11H3. The maximum Gasteiger partial charge on any atom is 0.0781 e. The lowest BCUT2D eigenvalue weighted by Gasteiger charge is -2.23. The van der Waals surface area contributed by atoms with E-state index in [4.69, 9.17) is 209 Å². The molecule has 0 radical (unpaired) electrons. The summed E-state index contributed by atoms with van der Waals surface area (Å²) in [7, 11) is 0. The van der Waals surface area contributed by atoms with Gasteiger partial charge in [0.05, 0.1) is 570 Å². The molecule has 870 valence electrons. The molecule has 10 atom stereocenters.